The summed E-state index contributed by atoms with van der Waals surface area (Å²) in [6.07, 6.45) is 0.670. The number of nitrogens with two attached hydrogens (primary N) is 1. The Kier molecular flexibility index (Phi) is 3.40. The van der Waals surface area contributed by atoms with Crippen molar-refractivity contribution >= 4 is 22.5 Å². The van der Waals surface area contributed by atoms with Crippen LogP contribution in [-0.2, 0) is 0 Å². The van der Waals surface area contributed by atoms with Gasteiger partial charge in [-0.25, -0.2) is 4.98 Å². The Labute approximate surface area is 99.4 Å². The van der Waals surface area contributed by atoms with E-state index in [1.165, 1.54) is 0 Å². The number of fused-ring (bicyclic) bond motifs is 1. The lowest BCUT2D eigenvalue weighted by molar-refractivity contribution is 1.03. The van der Waals surface area contributed by atoms with Gasteiger partial charge < -0.3 is 5.73 Å². The van der Waals surface area contributed by atoms with Crippen LogP contribution in [0.2, 0.25) is 5.15 Å². The molecule has 0 unspecified atom stereocenters. The maximum absolute atomic E-state index is 6.04. The number of para-hydroxylation sites is 1. The zero-order chi connectivity index (χ0) is 11.4. The van der Waals surface area contributed by atoms with Crippen molar-refractivity contribution in [2.45, 2.75) is 6.42 Å². The zero-order valence-electron chi connectivity index (χ0n) is 8.70. The van der Waals surface area contributed by atoms with Gasteiger partial charge in [-0.05, 0) is 12.1 Å². The summed E-state index contributed by atoms with van der Waals surface area (Å²) in [6, 6.07) is 9.78. The van der Waals surface area contributed by atoms with Gasteiger partial charge in [0.1, 0.15) is 5.15 Å². The maximum Gasteiger partial charge on any atom is 0.145 e. The Hall–Kier alpha value is -1.56. The molecule has 0 aliphatic rings. The molecule has 0 aliphatic carbocycles. The van der Waals surface area contributed by atoms with E-state index in [-0.39, 0.29) is 0 Å². The number of nitrogens with zero attached hydrogens (tertiary/aromatic N) is 1. The monoisotopic (exact) mass is 230 g/mol. The van der Waals surface area contributed by atoms with Gasteiger partial charge in [0, 0.05) is 18.4 Å². The number of pyridine rings is 1. The van der Waals surface area contributed by atoms with E-state index < -0.39 is 0 Å². The number of aromatic nitrogens is 1. The lowest BCUT2D eigenvalue weighted by Gasteiger charge is -1.99. The summed E-state index contributed by atoms with van der Waals surface area (Å²) in [5.74, 6) is 5.94. The Morgan fingerprint density at radius 1 is 1.31 bits per heavy atom. The van der Waals surface area contributed by atoms with E-state index in [0.29, 0.717) is 18.1 Å². The fraction of sp³-hybridized carbons (Fsp3) is 0.154. The molecule has 0 fully saturated rings. The van der Waals surface area contributed by atoms with Crippen molar-refractivity contribution in [2.24, 2.45) is 5.73 Å². The van der Waals surface area contributed by atoms with Crippen molar-refractivity contribution in [3.8, 4) is 11.8 Å². The van der Waals surface area contributed by atoms with Crippen molar-refractivity contribution in [3.05, 3.63) is 41.0 Å². The second-order valence-electron chi connectivity index (χ2n) is 3.36. The molecule has 0 saturated heterocycles. The van der Waals surface area contributed by atoms with E-state index in [9.17, 15) is 0 Å². The lowest BCUT2D eigenvalue weighted by Crippen LogP contribution is -1.95. The Balaban J connectivity index is 2.47. The van der Waals surface area contributed by atoms with Crippen LogP contribution in [0.3, 0.4) is 0 Å². The minimum Gasteiger partial charge on any atom is -0.330 e. The highest BCUT2D eigenvalue weighted by molar-refractivity contribution is 6.31. The molecule has 2 rings (SSSR count). The first kappa shape index (κ1) is 10.9. The van der Waals surface area contributed by atoms with Gasteiger partial charge in [0.05, 0.1) is 11.1 Å². The third kappa shape index (κ3) is 2.33. The number of hydrogen-bond donors (Lipinski definition) is 1. The third-order valence-corrected chi connectivity index (χ3v) is 2.46. The van der Waals surface area contributed by atoms with Gasteiger partial charge in [0.2, 0.25) is 0 Å². The number of rotatable bonds is 1. The first-order valence-electron chi connectivity index (χ1n) is 5.05. The summed E-state index contributed by atoms with van der Waals surface area (Å²) in [4.78, 5) is 4.29. The Morgan fingerprint density at radius 3 is 2.94 bits per heavy atom. The van der Waals surface area contributed by atoms with Gasteiger partial charge in [-0.2, -0.15) is 0 Å². The summed E-state index contributed by atoms with van der Waals surface area (Å²) in [6.45, 7) is 0.561. The average Bonchev–Trinajstić information content (AvgIpc) is 2.30. The maximum atomic E-state index is 6.04. The topological polar surface area (TPSA) is 38.9 Å². The van der Waals surface area contributed by atoms with E-state index in [0.717, 1.165) is 16.5 Å². The van der Waals surface area contributed by atoms with Crippen molar-refractivity contribution < 1.29 is 0 Å². The van der Waals surface area contributed by atoms with E-state index in [4.69, 9.17) is 17.3 Å². The SMILES string of the molecule is NCCC#Cc1cc2ccccc2nc1Cl. The van der Waals surface area contributed by atoms with Crippen molar-refractivity contribution in [1.29, 1.82) is 0 Å². The molecule has 0 aliphatic heterocycles. The summed E-state index contributed by atoms with van der Waals surface area (Å²) >= 11 is 6.04. The van der Waals surface area contributed by atoms with Gasteiger partial charge in [-0.3, -0.25) is 0 Å². The molecule has 0 spiro atoms. The number of halogens is 1. The van der Waals surface area contributed by atoms with Crippen LogP contribution in [-0.4, -0.2) is 11.5 Å². The molecule has 0 saturated carbocycles. The molecule has 1 heterocycles. The highest BCUT2D eigenvalue weighted by atomic mass is 35.5. The van der Waals surface area contributed by atoms with E-state index >= 15 is 0 Å². The van der Waals surface area contributed by atoms with Crippen LogP contribution in [0.5, 0.6) is 0 Å². The molecular weight excluding hydrogens is 220 g/mol. The van der Waals surface area contributed by atoms with Crippen LogP contribution < -0.4 is 5.73 Å². The fourth-order valence-corrected chi connectivity index (χ4v) is 1.60. The molecule has 2 nitrogen and oxygen atoms in total. The number of hydrogen-bond acceptors (Lipinski definition) is 2. The van der Waals surface area contributed by atoms with Crippen LogP contribution >= 0.6 is 11.6 Å². The molecule has 3 heteroatoms. The second-order valence-corrected chi connectivity index (χ2v) is 3.72. The molecule has 2 aromatic rings. The summed E-state index contributed by atoms with van der Waals surface area (Å²) in [5.41, 5.74) is 7.01. The first-order valence-corrected chi connectivity index (χ1v) is 5.43. The zero-order valence-corrected chi connectivity index (χ0v) is 9.46. The van der Waals surface area contributed by atoms with E-state index in [1.807, 2.05) is 30.3 Å². The molecule has 1 aromatic carbocycles. The molecule has 0 radical (unpaired) electrons. The summed E-state index contributed by atoms with van der Waals surface area (Å²) in [7, 11) is 0. The van der Waals surface area contributed by atoms with Gasteiger partial charge in [-0.15, -0.1) is 0 Å². The quantitative estimate of drug-likeness (QED) is 0.604. The van der Waals surface area contributed by atoms with Gasteiger partial charge >= 0.3 is 0 Å². The normalized spacial score (nSPS) is 9.88. The first-order chi connectivity index (χ1) is 7.81. The van der Waals surface area contributed by atoms with Crippen LogP contribution in [0, 0.1) is 11.8 Å². The molecule has 2 N–H and O–H groups in total. The Morgan fingerprint density at radius 2 is 2.12 bits per heavy atom. The van der Waals surface area contributed by atoms with Gasteiger partial charge in [0.25, 0.3) is 0 Å². The van der Waals surface area contributed by atoms with Crippen molar-refractivity contribution in [1.82, 2.24) is 4.98 Å². The molecule has 0 atom stereocenters. The number of benzene rings is 1. The van der Waals surface area contributed by atoms with Crippen molar-refractivity contribution in [2.75, 3.05) is 6.54 Å². The van der Waals surface area contributed by atoms with Crippen LogP contribution in [0.15, 0.2) is 30.3 Å². The van der Waals surface area contributed by atoms with Gasteiger partial charge in [-0.1, -0.05) is 41.6 Å². The van der Waals surface area contributed by atoms with E-state index in [1.54, 1.807) is 0 Å². The minimum atomic E-state index is 0.447. The predicted molar refractivity (Wildman–Crippen MR) is 67.3 cm³/mol. The molecular formula is C13H11ClN2. The second kappa shape index (κ2) is 4.98. The molecule has 16 heavy (non-hydrogen) atoms. The third-order valence-electron chi connectivity index (χ3n) is 2.17. The van der Waals surface area contributed by atoms with Crippen LogP contribution in [0.4, 0.5) is 0 Å². The van der Waals surface area contributed by atoms with Crippen LogP contribution in [0.1, 0.15) is 12.0 Å². The molecule has 0 bridgehead atoms. The molecule has 80 valence electrons. The fourth-order valence-electron chi connectivity index (χ4n) is 1.41. The predicted octanol–water partition coefficient (Wildman–Crippen LogP) is 2.59. The summed E-state index contributed by atoms with van der Waals surface area (Å²) < 4.78 is 0. The van der Waals surface area contributed by atoms with Gasteiger partial charge in [0.15, 0.2) is 0 Å². The average molecular weight is 231 g/mol. The van der Waals surface area contributed by atoms with E-state index in [2.05, 4.69) is 16.8 Å². The van der Waals surface area contributed by atoms with Crippen molar-refractivity contribution in [3.63, 3.8) is 0 Å². The largest absolute Gasteiger partial charge is 0.330 e. The summed E-state index contributed by atoms with van der Waals surface area (Å²) in [5, 5.41) is 1.49. The highest BCUT2D eigenvalue weighted by Gasteiger charge is 2.01. The highest BCUT2D eigenvalue weighted by Crippen LogP contribution is 2.19. The van der Waals surface area contributed by atoms with Crippen LogP contribution in [0.25, 0.3) is 10.9 Å². The smallest absolute Gasteiger partial charge is 0.145 e. The standard InChI is InChI=1S/C13H11ClN2/c14-13-11(6-3-4-8-15)9-10-5-1-2-7-12(10)16-13/h1-2,5,7,9H,4,8,15H2. The Bertz CT molecular complexity index is 567. The molecule has 0 amide bonds. The lowest BCUT2D eigenvalue weighted by atomic mass is 10.1. The minimum absolute atomic E-state index is 0.447. The molecule has 1 aromatic heterocycles.